The van der Waals surface area contributed by atoms with Crippen molar-refractivity contribution in [1.82, 2.24) is 19.0 Å². The summed E-state index contributed by atoms with van der Waals surface area (Å²) < 4.78 is 20.0. The molecule has 0 atom stereocenters. The van der Waals surface area contributed by atoms with Crippen LogP contribution in [0.25, 0.3) is 32.7 Å². The zero-order valence-electron chi connectivity index (χ0n) is 18.6. The van der Waals surface area contributed by atoms with Crippen molar-refractivity contribution in [3.05, 3.63) is 40.9 Å². The highest BCUT2D eigenvalue weighted by atomic mass is 16.5. The zero-order chi connectivity index (χ0) is 22.1. The average molecular weight is 425 g/mol. The first-order valence-electron chi connectivity index (χ1n) is 10.2. The van der Waals surface area contributed by atoms with Crippen LogP contribution < -0.4 is 15.0 Å². The average Bonchev–Trinajstić information content (AvgIpc) is 3.18. The van der Waals surface area contributed by atoms with Gasteiger partial charge in [-0.2, -0.15) is 0 Å². The van der Waals surface area contributed by atoms with Crippen molar-refractivity contribution in [2.75, 3.05) is 42.0 Å². The number of hydrogen-bond donors (Lipinski definition) is 0. The van der Waals surface area contributed by atoms with Crippen LogP contribution in [0.15, 0.2) is 35.4 Å². The van der Waals surface area contributed by atoms with Crippen molar-refractivity contribution in [1.29, 1.82) is 0 Å². The maximum atomic E-state index is 13.7. The second kappa shape index (κ2) is 8.56. The van der Waals surface area contributed by atoms with Gasteiger partial charge in [-0.05, 0) is 45.3 Å². The first kappa shape index (κ1) is 21.1. The third-order valence-corrected chi connectivity index (χ3v) is 5.57. The summed E-state index contributed by atoms with van der Waals surface area (Å²) in [6.07, 6.45) is 4.62. The lowest BCUT2D eigenvalue weighted by Crippen LogP contribution is -2.24. The Labute approximate surface area is 180 Å². The molecule has 0 saturated heterocycles. The van der Waals surface area contributed by atoms with E-state index in [0.29, 0.717) is 30.2 Å². The first-order chi connectivity index (χ1) is 15.0. The minimum Gasteiger partial charge on any atom is -0.493 e. The van der Waals surface area contributed by atoms with Gasteiger partial charge in [-0.25, -0.2) is 4.98 Å². The van der Waals surface area contributed by atoms with E-state index in [1.807, 2.05) is 47.8 Å². The molecular formula is C23H28N4O4. The van der Waals surface area contributed by atoms with Crippen LogP contribution in [0.5, 0.6) is 11.5 Å². The highest BCUT2D eigenvalue weighted by molar-refractivity contribution is 6.14. The van der Waals surface area contributed by atoms with Gasteiger partial charge in [-0.3, -0.25) is 4.79 Å². The van der Waals surface area contributed by atoms with E-state index >= 15 is 0 Å². The van der Waals surface area contributed by atoms with Gasteiger partial charge in [0.25, 0.3) is 5.56 Å². The van der Waals surface area contributed by atoms with Crippen LogP contribution in [0.4, 0.5) is 0 Å². The van der Waals surface area contributed by atoms with Crippen LogP contribution in [0.2, 0.25) is 0 Å². The number of rotatable bonds is 8. The van der Waals surface area contributed by atoms with Gasteiger partial charge in [0.2, 0.25) is 0 Å². The predicted molar refractivity (Wildman–Crippen MR) is 122 cm³/mol. The van der Waals surface area contributed by atoms with Crippen LogP contribution in [0.1, 0.15) is 6.42 Å². The molecule has 8 heteroatoms. The van der Waals surface area contributed by atoms with Crippen LogP contribution >= 0.6 is 0 Å². The Bertz CT molecular complexity index is 1310. The van der Waals surface area contributed by atoms with Gasteiger partial charge in [0, 0.05) is 42.2 Å². The van der Waals surface area contributed by atoms with Crippen LogP contribution in [0.3, 0.4) is 0 Å². The molecule has 3 heterocycles. The highest BCUT2D eigenvalue weighted by Crippen LogP contribution is 2.35. The normalized spacial score (nSPS) is 11.8. The SMILES string of the molecule is COCn1ccc2c1ncc1c3cc(OC)c(OC)cc3c(=O)n(CCCN(C)C)c12. The summed E-state index contributed by atoms with van der Waals surface area (Å²) in [7, 11) is 8.88. The van der Waals surface area contributed by atoms with E-state index in [1.165, 1.54) is 0 Å². The number of hydrogen-bond acceptors (Lipinski definition) is 6. The summed E-state index contributed by atoms with van der Waals surface area (Å²) in [4.78, 5) is 20.5. The van der Waals surface area contributed by atoms with Crippen molar-refractivity contribution in [2.24, 2.45) is 0 Å². The highest BCUT2D eigenvalue weighted by Gasteiger charge is 2.18. The molecule has 0 aliphatic carbocycles. The van der Waals surface area contributed by atoms with E-state index < -0.39 is 0 Å². The Morgan fingerprint density at radius 3 is 2.35 bits per heavy atom. The fourth-order valence-electron chi connectivity index (χ4n) is 4.14. The molecular weight excluding hydrogens is 396 g/mol. The fraction of sp³-hybridized carbons (Fsp3) is 0.391. The molecule has 4 rings (SSSR count). The number of methoxy groups -OCH3 is 3. The second-order valence-electron chi connectivity index (χ2n) is 7.83. The number of aromatic nitrogens is 3. The van der Waals surface area contributed by atoms with E-state index in [2.05, 4.69) is 4.90 Å². The maximum Gasteiger partial charge on any atom is 0.259 e. The monoisotopic (exact) mass is 424 g/mol. The lowest BCUT2D eigenvalue weighted by atomic mass is 10.0. The molecule has 0 bridgehead atoms. The first-order valence-corrected chi connectivity index (χ1v) is 10.2. The van der Waals surface area contributed by atoms with Gasteiger partial charge in [-0.15, -0.1) is 0 Å². The number of ether oxygens (including phenoxy) is 3. The zero-order valence-corrected chi connectivity index (χ0v) is 18.6. The topological polar surface area (TPSA) is 70.8 Å². The van der Waals surface area contributed by atoms with Gasteiger partial charge in [0.15, 0.2) is 11.5 Å². The van der Waals surface area contributed by atoms with Crippen LogP contribution in [-0.2, 0) is 18.0 Å². The molecule has 0 spiro atoms. The summed E-state index contributed by atoms with van der Waals surface area (Å²) in [5.41, 5.74) is 1.62. The molecule has 0 fully saturated rings. The number of benzene rings is 1. The number of pyridine rings is 2. The van der Waals surface area contributed by atoms with Crippen molar-refractivity contribution in [3.63, 3.8) is 0 Å². The minimum atomic E-state index is -0.0470. The summed E-state index contributed by atoms with van der Waals surface area (Å²) in [5.74, 6) is 1.12. The van der Waals surface area contributed by atoms with E-state index in [4.69, 9.17) is 19.2 Å². The van der Waals surface area contributed by atoms with Crippen molar-refractivity contribution in [3.8, 4) is 11.5 Å². The Hall–Kier alpha value is -3.10. The third-order valence-electron chi connectivity index (χ3n) is 5.57. The van der Waals surface area contributed by atoms with Crippen LogP contribution in [-0.4, -0.2) is 61.0 Å². The largest absolute Gasteiger partial charge is 0.493 e. The molecule has 0 aliphatic rings. The van der Waals surface area contributed by atoms with Gasteiger partial charge in [0.05, 0.1) is 25.1 Å². The molecule has 8 nitrogen and oxygen atoms in total. The van der Waals surface area contributed by atoms with Crippen molar-refractivity contribution in [2.45, 2.75) is 19.7 Å². The van der Waals surface area contributed by atoms with Gasteiger partial charge in [0.1, 0.15) is 12.4 Å². The van der Waals surface area contributed by atoms with E-state index in [1.54, 1.807) is 27.4 Å². The lowest BCUT2D eigenvalue weighted by Gasteiger charge is -2.17. The molecule has 0 saturated carbocycles. The number of nitrogens with zero attached hydrogens (tertiary/aromatic N) is 4. The summed E-state index contributed by atoms with van der Waals surface area (Å²) >= 11 is 0. The Kier molecular flexibility index (Phi) is 5.84. The molecule has 0 N–H and O–H groups in total. The quantitative estimate of drug-likeness (QED) is 0.405. The molecule has 0 amide bonds. The van der Waals surface area contributed by atoms with Crippen molar-refractivity contribution >= 4 is 32.7 Å². The fourth-order valence-corrected chi connectivity index (χ4v) is 4.14. The van der Waals surface area contributed by atoms with Gasteiger partial charge >= 0.3 is 0 Å². The standard InChI is InChI=1S/C23H28N4O4/c1-25(2)8-6-9-27-21-15-7-10-26(14-29-3)22(15)24-13-18(21)16-11-19(30-4)20(31-5)12-17(16)23(27)28/h7,10-13H,6,8-9,14H2,1-5H3. The van der Waals surface area contributed by atoms with Gasteiger partial charge < -0.3 is 28.2 Å². The van der Waals surface area contributed by atoms with Crippen LogP contribution in [0, 0.1) is 0 Å². The van der Waals surface area contributed by atoms with E-state index in [0.717, 1.165) is 40.3 Å². The maximum absolute atomic E-state index is 13.7. The number of fused-ring (bicyclic) bond motifs is 5. The molecule has 164 valence electrons. The second-order valence-corrected chi connectivity index (χ2v) is 7.83. The Morgan fingerprint density at radius 2 is 1.71 bits per heavy atom. The van der Waals surface area contributed by atoms with E-state index in [9.17, 15) is 4.79 Å². The Balaban J connectivity index is 2.09. The molecule has 4 aromatic rings. The number of aryl methyl sites for hydroxylation is 1. The predicted octanol–water partition coefficient (Wildman–Crippen LogP) is 3.08. The summed E-state index contributed by atoms with van der Waals surface area (Å²) in [6, 6.07) is 5.62. The summed E-state index contributed by atoms with van der Waals surface area (Å²) in [6.45, 7) is 1.88. The molecule has 31 heavy (non-hydrogen) atoms. The molecule has 1 aromatic carbocycles. The molecule has 0 aliphatic heterocycles. The smallest absolute Gasteiger partial charge is 0.259 e. The molecule has 3 aromatic heterocycles. The van der Waals surface area contributed by atoms with Gasteiger partial charge in [-0.1, -0.05) is 0 Å². The van der Waals surface area contributed by atoms with E-state index in [-0.39, 0.29) is 5.56 Å². The van der Waals surface area contributed by atoms with Crippen molar-refractivity contribution < 1.29 is 14.2 Å². The Morgan fingerprint density at radius 1 is 1.00 bits per heavy atom. The third kappa shape index (κ3) is 3.62. The minimum absolute atomic E-state index is 0.0470. The lowest BCUT2D eigenvalue weighted by molar-refractivity contribution is 0.134. The summed E-state index contributed by atoms with van der Waals surface area (Å²) in [5, 5.41) is 3.22. The molecule has 0 radical (unpaired) electrons. The molecule has 0 unspecified atom stereocenters.